The van der Waals surface area contributed by atoms with E-state index in [-0.39, 0.29) is 47.1 Å². The van der Waals surface area contributed by atoms with Crippen LogP contribution in [-0.2, 0) is 45.5 Å². The smallest absolute Gasteiger partial charge is 0.377 e. The second kappa shape index (κ2) is 14.3. The van der Waals surface area contributed by atoms with Crippen molar-refractivity contribution in [1.29, 1.82) is 0 Å². The molecule has 2 saturated heterocycles. The molecule has 1 aromatic carbocycles. The molecule has 4 atom stereocenters. The maximum atomic E-state index is 10.7. The molecule has 2 fully saturated rings. The summed E-state index contributed by atoms with van der Waals surface area (Å²) in [6, 6.07) is 7.90. The average Bonchev–Trinajstić information content (AvgIpc) is 3.29. The monoisotopic (exact) mass is 506 g/mol. The average molecular weight is 506 g/mol. The Morgan fingerprint density at radius 3 is 1.58 bits per heavy atom. The standard InChI is InChI=1S/C12H22O6.C8H6O3.C2H6O.Ti/c1-11(2)15-5-7(17-11)9(13)10(14)8-6-16-12(3,4)18-8;9-7(8(10)11)6-4-2-1-3-5-6;1-2-3;/h7-10,13-14H,5-6H2,1-4H3;1-5H,(H,10,11);3H,2H2,1H3;/t7-,8-,9-,10-;;;/m1.../s1. The summed E-state index contributed by atoms with van der Waals surface area (Å²) in [5, 5.41) is 36.0. The van der Waals surface area contributed by atoms with E-state index in [0.29, 0.717) is 0 Å². The molecule has 0 radical (unpaired) electrons. The fourth-order valence-corrected chi connectivity index (χ4v) is 2.92. The number of benzene rings is 1. The summed E-state index contributed by atoms with van der Waals surface area (Å²) in [5.74, 6) is -3.74. The van der Waals surface area contributed by atoms with Crippen LogP contribution in [0.1, 0.15) is 45.0 Å². The Labute approximate surface area is 208 Å². The third-order valence-electron chi connectivity index (χ3n) is 4.40. The number of ether oxygens (including phenoxy) is 4. The molecule has 4 N–H and O–H groups in total. The fourth-order valence-electron chi connectivity index (χ4n) is 2.92. The van der Waals surface area contributed by atoms with Crippen LogP contribution in [0.4, 0.5) is 0 Å². The number of hydrogen-bond acceptors (Lipinski definition) is 9. The fraction of sp³-hybridized carbons (Fsp3) is 0.636. The Morgan fingerprint density at radius 2 is 1.30 bits per heavy atom. The van der Waals surface area contributed by atoms with Gasteiger partial charge in [0.1, 0.15) is 24.4 Å². The van der Waals surface area contributed by atoms with Crippen molar-refractivity contribution >= 4 is 11.8 Å². The number of aliphatic hydroxyl groups is 3. The van der Waals surface area contributed by atoms with Crippen LogP contribution in [0.5, 0.6) is 0 Å². The van der Waals surface area contributed by atoms with Crippen molar-refractivity contribution in [2.75, 3.05) is 19.8 Å². The maximum absolute atomic E-state index is 10.7. The van der Waals surface area contributed by atoms with Gasteiger partial charge in [0, 0.05) is 33.9 Å². The first kappa shape index (κ1) is 31.8. The van der Waals surface area contributed by atoms with Gasteiger partial charge >= 0.3 is 5.97 Å². The minimum Gasteiger partial charge on any atom is -0.475 e. The van der Waals surface area contributed by atoms with E-state index in [2.05, 4.69) is 0 Å². The molecule has 2 aliphatic rings. The summed E-state index contributed by atoms with van der Waals surface area (Å²) in [6.45, 7) is 9.51. The number of ketones is 1. The molecule has 0 aromatic heterocycles. The second-order valence-electron chi connectivity index (χ2n) is 8.03. The molecular weight excluding hydrogens is 472 g/mol. The van der Waals surface area contributed by atoms with Gasteiger partial charge in [0.15, 0.2) is 11.6 Å². The molecule has 0 aliphatic carbocycles. The molecule has 0 saturated carbocycles. The van der Waals surface area contributed by atoms with Crippen molar-refractivity contribution < 1.29 is 70.7 Å². The molecule has 2 aliphatic heterocycles. The molecule has 10 nitrogen and oxygen atoms in total. The van der Waals surface area contributed by atoms with Crippen LogP contribution in [-0.4, -0.2) is 88.0 Å². The van der Waals surface area contributed by atoms with Crippen LogP contribution in [0.15, 0.2) is 30.3 Å². The number of rotatable bonds is 5. The Bertz CT molecular complexity index is 695. The predicted octanol–water partition coefficient (Wildman–Crippen LogP) is 0.961. The van der Waals surface area contributed by atoms with Crippen LogP contribution in [0.25, 0.3) is 0 Å². The Hall–Kier alpha value is -1.21. The van der Waals surface area contributed by atoms with Crippen molar-refractivity contribution in [2.45, 2.75) is 70.6 Å². The predicted molar refractivity (Wildman–Crippen MR) is 113 cm³/mol. The van der Waals surface area contributed by atoms with E-state index in [1.54, 1.807) is 52.8 Å². The van der Waals surface area contributed by atoms with E-state index in [0.717, 1.165) is 0 Å². The Morgan fingerprint density at radius 1 is 0.939 bits per heavy atom. The quantitative estimate of drug-likeness (QED) is 0.258. The number of hydrogen-bond donors (Lipinski definition) is 4. The molecule has 0 bridgehead atoms. The van der Waals surface area contributed by atoms with Crippen LogP contribution < -0.4 is 0 Å². The summed E-state index contributed by atoms with van der Waals surface area (Å²) in [6.07, 6.45) is -3.23. The van der Waals surface area contributed by atoms with Gasteiger partial charge in [0.2, 0.25) is 0 Å². The molecule has 11 heteroatoms. The zero-order valence-corrected chi connectivity index (χ0v) is 21.1. The number of carbonyl (C=O) groups is 2. The molecule has 3 rings (SSSR count). The van der Waals surface area contributed by atoms with Crippen LogP contribution in [0, 0.1) is 0 Å². The van der Waals surface area contributed by atoms with Crippen molar-refractivity contribution in [3.8, 4) is 0 Å². The third-order valence-corrected chi connectivity index (χ3v) is 4.40. The summed E-state index contributed by atoms with van der Waals surface area (Å²) in [5.41, 5.74) is 0.208. The van der Waals surface area contributed by atoms with Crippen molar-refractivity contribution in [2.24, 2.45) is 0 Å². The molecule has 2 heterocycles. The largest absolute Gasteiger partial charge is 0.475 e. The van der Waals surface area contributed by atoms with Crippen LogP contribution >= 0.6 is 0 Å². The molecule has 33 heavy (non-hydrogen) atoms. The molecular formula is C22H34O10Ti. The summed E-state index contributed by atoms with van der Waals surface area (Å²) in [7, 11) is 0. The number of Topliss-reactive ketones (excluding diaryl/α,β-unsaturated/α-hetero) is 1. The van der Waals surface area contributed by atoms with Crippen molar-refractivity contribution in [3.63, 3.8) is 0 Å². The maximum Gasteiger partial charge on any atom is 0.377 e. The molecule has 0 unspecified atom stereocenters. The van der Waals surface area contributed by atoms with Gasteiger partial charge in [-0.05, 0) is 34.6 Å². The molecule has 1 aromatic rings. The van der Waals surface area contributed by atoms with E-state index in [1.807, 2.05) is 0 Å². The zero-order valence-electron chi connectivity index (χ0n) is 19.6. The van der Waals surface area contributed by atoms with Gasteiger partial charge in [-0.25, -0.2) is 4.79 Å². The first-order valence-corrected chi connectivity index (χ1v) is 10.3. The molecule has 186 valence electrons. The van der Waals surface area contributed by atoms with E-state index < -0.39 is 47.7 Å². The summed E-state index contributed by atoms with van der Waals surface area (Å²) in [4.78, 5) is 20.9. The molecule has 0 amide bonds. The SMILES string of the molecule is CC1(C)OC[C@H]([C@@H](O)[C@H](O)[C@H]2COC(C)(C)O2)O1.CCO.O=C(O)C(=O)c1ccccc1.[Ti]. The zero-order chi connectivity index (χ0) is 24.5. The summed E-state index contributed by atoms with van der Waals surface area (Å²) >= 11 is 0. The normalized spacial score (nSPS) is 24.1. The molecule has 0 spiro atoms. The number of aliphatic hydroxyl groups excluding tert-OH is 3. The topological polar surface area (TPSA) is 152 Å². The number of carbonyl (C=O) groups excluding carboxylic acids is 1. The van der Waals surface area contributed by atoms with E-state index >= 15 is 0 Å². The van der Waals surface area contributed by atoms with Gasteiger partial charge in [-0.15, -0.1) is 0 Å². The van der Waals surface area contributed by atoms with E-state index in [4.69, 9.17) is 29.2 Å². The third kappa shape index (κ3) is 10.7. The van der Waals surface area contributed by atoms with Gasteiger partial charge in [-0.3, -0.25) is 4.79 Å². The van der Waals surface area contributed by atoms with E-state index in [9.17, 15) is 19.8 Å². The Kier molecular flexibility index (Phi) is 13.7. The number of aliphatic carboxylic acids is 1. The van der Waals surface area contributed by atoms with Gasteiger partial charge < -0.3 is 39.4 Å². The minimum absolute atomic E-state index is 0. The first-order valence-electron chi connectivity index (χ1n) is 10.3. The van der Waals surface area contributed by atoms with Gasteiger partial charge in [0.05, 0.1) is 13.2 Å². The van der Waals surface area contributed by atoms with Gasteiger partial charge in [-0.1, -0.05) is 30.3 Å². The number of carboxylic acids is 1. The van der Waals surface area contributed by atoms with Gasteiger partial charge in [0.25, 0.3) is 5.78 Å². The van der Waals surface area contributed by atoms with Crippen molar-refractivity contribution in [3.05, 3.63) is 35.9 Å². The van der Waals surface area contributed by atoms with Crippen molar-refractivity contribution in [1.82, 2.24) is 0 Å². The van der Waals surface area contributed by atoms with Gasteiger partial charge in [-0.2, -0.15) is 0 Å². The first-order chi connectivity index (χ1) is 14.8. The summed E-state index contributed by atoms with van der Waals surface area (Å²) < 4.78 is 21.8. The van der Waals surface area contributed by atoms with E-state index in [1.165, 1.54) is 12.1 Å². The number of carboxylic acid groups (broad SMARTS) is 1. The second-order valence-corrected chi connectivity index (χ2v) is 8.03. The Balaban J connectivity index is 0.000000587. The van der Waals surface area contributed by atoms with Crippen LogP contribution in [0.3, 0.4) is 0 Å². The van der Waals surface area contributed by atoms with Crippen LogP contribution in [0.2, 0.25) is 0 Å². The minimum atomic E-state index is -1.42.